The number of alkyl halides is 3. The Morgan fingerprint density at radius 3 is 2.83 bits per heavy atom. The molecule has 0 atom stereocenters. The van der Waals surface area contributed by atoms with E-state index in [2.05, 4.69) is 20.3 Å². The number of carbonyl (C=O) groups excluding carboxylic acids is 1. The number of amides is 1. The number of hydrogen-bond acceptors (Lipinski definition) is 3. The number of aromatic nitrogens is 2. The first-order chi connectivity index (χ1) is 8.38. The summed E-state index contributed by atoms with van der Waals surface area (Å²) < 4.78 is 39.5. The Balaban J connectivity index is 2.13. The van der Waals surface area contributed by atoms with E-state index in [4.69, 9.17) is 0 Å². The summed E-state index contributed by atoms with van der Waals surface area (Å²) in [5.74, 6) is -0.363. The Morgan fingerprint density at radius 2 is 2.28 bits per heavy atom. The van der Waals surface area contributed by atoms with E-state index in [0.717, 1.165) is 11.3 Å². The van der Waals surface area contributed by atoms with E-state index in [1.54, 1.807) is 13.1 Å². The van der Waals surface area contributed by atoms with Crippen LogP contribution in [0.25, 0.3) is 0 Å². The summed E-state index contributed by atoms with van der Waals surface area (Å²) in [4.78, 5) is 11.3. The second-order valence-electron chi connectivity index (χ2n) is 3.71. The first-order valence-corrected chi connectivity index (χ1v) is 5.28. The minimum absolute atomic E-state index is 0.104. The van der Waals surface area contributed by atoms with Crippen LogP contribution in [0.3, 0.4) is 0 Å². The van der Waals surface area contributed by atoms with Gasteiger partial charge in [-0.2, -0.15) is 18.3 Å². The largest absolute Gasteiger partial charge is 0.411 e. The smallest absolute Gasteiger partial charge is 0.372 e. The van der Waals surface area contributed by atoms with Gasteiger partial charge >= 0.3 is 6.18 Å². The lowest BCUT2D eigenvalue weighted by Gasteiger charge is -2.07. The van der Waals surface area contributed by atoms with Gasteiger partial charge in [-0.15, -0.1) is 0 Å². The van der Waals surface area contributed by atoms with Crippen molar-refractivity contribution >= 4 is 5.91 Å². The lowest BCUT2D eigenvalue weighted by atomic mass is 10.2. The molecule has 0 radical (unpaired) electrons. The lowest BCUT2D eigenvalue weighted by molar-refractivity contribution is -0.174. The Hall–Kier alpha value is -1.57. The van der Waals surface area contributed by atoms with Gasteiger partial charge in [0.25, 0.3) is 0 Å². The predicted molar refractivity (Wildman–Crippen MR) is 56.7 cm³/mol. The van der Waals surface area contributed by atoms with Crippen molar-refractivity contribution in [1.82, 2.24) is 15.5 Å². The van der Waals surface area contributed by atoms with E-state index < -0.39 is 12.8 Å². The lowest BCUT2D eigenvalue weighted by Crippen LogP contribution is -2.25. The molecule has 8 heteroatoms. The van der Waals surface area contributed by atoms with E-state index in [-0.39, 0.29) is 18.9 Å². The van der Waals surface area contributed by atoms with Crippen molar-refractivity contribution in [3.63, 3.8) is 0 Å². The van der Waals surface area contributed by atoms with Gasteiger partial charge in [0.2, 0.25) is 5.91 Å². The molecule has 0 unspecified atom stereocenters. The number of halogens is 3. The molecule has 0 fully saturated rings. The van der Waals surface area contributed by atoms with Crippen molar-refractivity contribution in [2.45, 2.75) is 26.1 Å². The van der Waals surface area contributed by atoms with Crippen molar-refractivity contribution in [2.24, 2.45) is 0 Å². The topological polar surface area (TPSA) is 67.0 Å². The fraction of sp³-hybridized carbons (Fsp3) is 0.600. The molecule has 1 heterocycles. The number of rotatable bonds is 6. The van der Waals surface area contributed by atoms with Crippen LogP contribution in [0, 0.1) is 6.92 Å². The molecular formula is C10H14F3N3O2. The van der Waals surface area contributed by atoms with Crippen LogP contribution >= 0.6 is 0 Å². The standard InChI is InChI=1S/C10H14F3N3O2/c1-7-8(5-15-16-7)4-14-9(17)2-3-18-6-10(11,12)13/h5H,2-4,6H2,1H3,(H,14,17)(H,15,16). The zero-order chi connectivity index (χ0) is 13.6. The van der Waals surface area contributed by atoms with Gasteiger partial charge < -0.3 is 10.1 Å². The van der Waals surface area contributed by atoms with Crippen molar-refractivity contribution in [2.75, 3.05) is 13.2 Å². The first kappa shape index (κ1) is 14.5. The molecule has 2 N–H and O–H groups in total. The molecule has 0 saturated heterocycles. The summed E-state index contributed by atoms with van der Waals surface area (Å²) in [7, 11) is 0. The molecule has 1 aromatic rings. The molecule has 18 heavy (non-hydrogen) atoms. The second kappa shape index (κ2) is 6.39. The Labute approximate surface area is 102 Å². The summed E-state index contributed by atoms with van der Waals surface area (Å²) in [5.41, 5.74) is 1.67. The highest BCUT2D eigenvalue weighted by atomic mass is 19.4. The van der Waals surface area contributed by atoms with Gasteiger partial charge in [0.1, 0.15) is 6.61 Å². The number of aromatic amines is 1. The number of H-pyrrole nitrogens is 1. The van der Waals surface area contributed by atoms with Gasteiger partial charge in [0.05, 0.1) is 12.8 Å². The summed E-state index contributed by atoms with van der Waals surface area (Å²) in [6.07, 6.45) is -2.88. The van der Waals surface area contributed by atoms with Gasteiger partial charge in [-0.25, -0.2) is 0 Å². The molecule has 0 aliphatic heterocycles. The normalized spacial score (nSPS) is 11.6. The van der Waals surface area contributed by atoms with Crippen LogP contribution in [0.4, 0.5) is 13.2 Å². The number of carbonyl (C=O) groups is 1. The van der Waals surface area contributed by atoms with Crippen molar-refractivity contribution in [1.29, 1.82) is 0 Å². The Kier molecular flexibility index (Phi) is 5.14. The van der Waals surface area contributed by atoms with Crippen molar-refractivity contribution < 1.29 is 22.7 Å². The van der Waals surface area contributed by atoms with E-state index in [0.29, 0.717) is 6.54 Å². The van der Waals surface area contributed by atoms with E-state index in [1.807, 2.05) is 0 Å². The minimum Gasteiger partial charge on any atom is -0.372 e. The van der Waals surface area contributed by atoms with E-state index >= 15 is 0 Å². The maximum absolute atomic E-state index is 11.7. The molecule has 102 valence electrons. The third-order valence-electron chi connectivity index (χ3n) is 2.15. The summed E-state index contributed by atoms with van der Waals surface area (Å²) in [6, 6.07) is 0. The van der Waals surface area contributed by atoms with E-state index in [1.165, 1.54) is 0 Å². The zero-order valence-corrected chi connectivity index (χ0v) is 9.80. The Morgan fingerprint density at radius 1 is 1.56 bits per heavy atom. The molecule has 1 aromatic heterocycles. The number of nitrogens with one attached hydrogen (secondary N) is 2. The van der Waals surface area contributed by atoms with Crippen LogP contribution in [0.5, 0.6) is 0 Å². The van der Waals surface area contributed by atoms with Crippen molar-refractivity contribution in [3.8, 4) is 0 Å². The third-order valence-corrected chi connectivity index (χ3v) is 2.15. The molecule has 0 bridgehead atoms. The SMILES string of the molecule is Cc1[nH]ncc1CNC(=O)CCOCC(F)(F)F. The van der Waals surface area contributed by atoms with Gasteiger partial charge in [-0.1, -0.05) is 0 Å². The maximum Gasteiger partial charge on any atom is 0.411 e. The third kappa shape index (κ3) is 5.67. The fourth-order valence-electron chi connectivity index (χ4n) is 1.19. The molecular weight excluding hydrogens is 251 g/mol. The first-order valence-electron chi connectivity index (χ1n) is 5.28. The fourth-order valence-corrected chi connectivity index (χ4v) is 1.19. The van der Waals surface area contributed by atoms with Crippen LogP contribution in [0.1, 0.15) is 17.7 Å². The van der Waals surface area contributed by atoms with Gasteiger partial charge in [-0.05, 0) is 6.92 Å². The van der Waals surface area contributed by atoms with Crippen LogP contribution in [0.15, 0.2) is 6.20 Å². The van der Waals surface area contributed by atoms with Crippen LogP contribution in [-0.4, -0.2) is 35.5 Å². The summed E-state index contributed by atoms with van der Waals surface area (Å²) in [5, 5.41) is 9.05. The molecule has 0 aliphatic carbocycles. The quantitative estimate of drug-likeness (QED) is 0.762. The number of ether oxygens (including phenoxy) is 1. The molecule has 0 saturated carbocycles. The molecule has 0 aromatic carbocycles. The molecule has 0 aliphatic rings. The zero-order valence-electron chi connectivity index (χ0n) is 9.80. The molecule has 5 nitrogen and oxygen atoms in total. The summed E-state index contributed by atoms with van der Waals surface area (Å²) in [6.45, 7) is 0.512. The second-order valence-corrected chi connectivity index (χ2v) is 3.71. The molecule has 1 rings (SSSR count). The average molecular weight is 265 g/mol. The highest BCUT2D eigenvalue weighted by Gasteiger charge is 2.27. The highest BCUT2D eigenvalue weighted by molar-refractivity contribution is 5.75. The van der Waals surface area contributed by atoms with Crippen LogP contribution in [-0.2, 0) is 16.1 Å². The maximum atomic E-state index is 11.7. The predicted octanol–water partition coefficient (Wildman–Crippen LogP) is 1.30. The average Bonchev–Trinajstić information content (AvgIpc) is 2.66. The van der Waals surface area contributed by atoms with Crippen LogP contribution < -0.4 is 5.32 Å². The molecule has 0 spiro atoms. The van der Waals surface area contributed by atoms with Gasteiger partial charge in [-0.3, -0.25) is 9.89 Å². The van der Waals surface area contributed by atoms with Gasteiger partial charge in [0.15, 0.2) is 0 Å². The van der Waals surface area contributed by atoms with Crippen molar-refractivity contribution in [3.05, 3.63) is 17.5 Å². The van der Waals surface area contributed by atoms with Gasteiger partial charge in [0, 0.05) is 24.2 Å². The number of hydrogen-bond donors (Lipinski definition) is 2. The highest BCUT2D eigenvalue weighted by Crippen LogP contribution is 2.14. The number of aryl methyl sites for hydroxylation is 1. The monoisotopic (exact) mass is 265 g/mol. The Bertz CT molecular complexity index is 390. The number of nitrogens with zero attached hydrogens (tertiary/aromatic N) is 1. The summed E-state index contributed by atoms with van der Waals surface area (Å²) >= 11 is 0. The van der Waals surface area contributed by atoms with Crippen LogP contribution in [0.2, 0.25) is 0 Å². The minimum atomic E-state index is -4.36. The molecule has 1 amide bonds. The van der Waals surface area contributed by atoms with E-state index in [9.17, 15) is 18.0 Å².